The molecule has 0 bridgehead atoms. The number of nitrogen functional groups attached to an aromatic ring is 1. The van der Waals surface area contributed by atoms with Crippen molar-refractivity contribution in [2.24, 2.45) is 5.84 Å². The standard InChI is InChI=1S/C11H9N7OS/c12-15-9-5-7(6-3-1-2-4-8(6)13-9)10(19)14-11-16-17-18-20-11/h1-5H,12H2,(H,13,15)(H,14,16,18,19). The van der Waals surface area contributed by atoms with Crippen LogP contribution in [0.4, 0.5) is 10.9 Å². The summed E-state index contributed by atoms with van der Waals surface area (Å²) in [4.78, 5) is 16.6. The van der Waals surface area contributed by atoms with Gasteiger partial charge in [-0.2, -0.15) is 0 Å². The molecule has 100 valence electrons. The summed E-state index contributed by atoms with van der Waals surface area (Å²) in [5.41, 5.74) is 3.56. The summed E-state index contributed by atoms with van der Waals surface area (Å²) in [6.07, 6.45) is 0. The molecule has 0 fully saturated rings. The molecule has 0 radical (unpaired) electrons. The number of anilines is 2. The van der Waals surface area contributed by atoms with Crippen LogP contribution in [-0.4, -0.2) is 25.7 Å². The number of carbonyl (C=O) groups excluding carboxylic acids is 1. The molecule has 0 atom stereocenters. The van der Waals surface area contributed by atoms with Gasteiger partial charge in [-0.05, 0) is 17.3 Å². The molecule has 0 saturated heterocycles. The summed E-state index contributed by atoms with van der Waals surface area (Å²) in [5, 5.41) is 10.8. The molecule has 2 aromatic heterocycles. The van der Waals surface area contributed by atoms with Crippen LogP contribution in [0.15, 0.2) is 30.3 Å². The number of amides is 1. The first-order valence-electron chi connectivity index (χ1n) is 5.61. The van der Waals surface area contributed by atoms with Crippen LogP contribution in [0.25, 0.3) is 10.9 Å². The zero-order valence-electron chi connectivity index (χ0n) is 10.1. The Labute approximate surface area is 117 Å². The molecule has 0 aliphatic heterocycles. The van der Waals surface area contributed by atoms with Gasteiger partial charge in [0.05, 0.1) is 11.1 Å². The second-order valence-corrected chi connectivity index (χ2v) is 4.57. The van der Waals surface area contributed by atoms with Crippen molar-refractivity contribution in [3.05, 3.63) is 35.9 Å². The highest BCUT2D eigenvalue weighted by Gasteiger charge is 2.14. The third-order valence-corrected chi connectivity index (χ3v) is 3.14. The minimum Gasteiger partial charge on any atom is -0.308 e. The van der Waals surface area contributed by atoms with Crippen molar-refractivity contribution in [2.75, 3.05) is 10.7 Å². The second-order valence-electron chi connectivity index (χ2n) is 3.84. The highest BCUT2D eigenvalue weighted by molar-refractivity contribution is 7.09. The topological polar surface area (TPSA) is 119 Å². The van der Waals surface area contributed by atoms with E-state index >= 15 is 0 Å². The van der Waals surface area contributed by atoms with E-state index in [1.54, 1.807) is 12.1 Å². The number of aromatic nitrogens is 4. The predicted octanol–water partition coefficient (Wildman–Crippen LogP) is 1.02. The van der Waals surface area contributed by atoms with Crippen LogP contribution >= 0.6 is 11.5 Å². The second kappa shape index (κ2) is 5.15. The maximum Gasteiger partial charge on any atom is 0.258 e. The zero-order chi connectivity index (χ0) is 13.9. The molecule has 0 unspecified atom stereocenters. The van der Waals surface area contributed by atoms with Gasteiger partial charge >= 0.3 is 0 Å². The molecule has 20 heavy (non-hydrogen) atoms. The zero-order valence-corrected chi connectivity index (χ0v) is 10.9. The van der Waals surface area contributed by atoms with E-state index in [0.29, 0.717) is 22.0 Å². The molecule has 3 rings (SSSR count). The Balaban J connectivity index is 2.07. The van der Waals surface area contributed by atoms with Crippen LogP contribution in [0, 0.1) is 0 Å². The van der Waals surface area contributed by atoms with Gasteiger partial charge in [-0.25, -0.2) is 10.8 Å². The molecule has 0 spiro atoms. The average molecular weight is 287 g/mol. The molecule has 0 aliphatic rings. The Bertz CT molecular complexity index is 759. The summed E-state index contributed by atoms with van der Waals surface area (Å²) in [6, 6.07) is 8.87. The van der Waals surface area contributed by atoms with E-state index in [1.807, 2.05) is 18.2 Å². The van der Waals surface area contributed by atoms with Crippen molar-refractivity contribution in [1.82, 2.24) is 19.8 Å². The van der Waals surface area contributed by atoms with Gasteiger partial charge in [0.25, 0.3) is 5.91 Å². The quantitative estimate of drug-likeness (QED) is 0.486. The number of pyridine rings is 1. The SMILES string of the molecule is NNc1cc(C(=O)Nc2nnns2)c2ccccc2n1. The Kier molecular flexibility index (Phi) is 3.19. The highest BCUT2D eigenvalue weighted by Crippen LogP contribution is 2.21. The molecule has 1 amide bonds. The molecule has 0 saturated carbocycles. The van der Waals surface area contributed by atoms with Crippen molar-refractivity contribution in [2.45, 2.75) is 0 Å². The van der Waals surface area contributed by atoms with Gasteiger partial charge in [0.1, 0.15) is 5.82 Å². The van der Waals surface area contributed by atoms with Crippen LogP contribution in [0.5, 0.6) is 0 Å². The first-order chi connectivity index (χ1) is 9.78. The maximum absolute atomic E-state index is 12.3. The molecular formula is C11H9N7OS. The number of nitrogens with zero attached hydrogens (tertiary/aromatic N) is 4. The molecule has 0 aliphatic carbocycles. The lowest BCUT2D eigenvalue weighted by atomic mass is 10.1. The number of para-hydroxylation sites is 1. The van der Waals surface area contributed by atoms with Crippen LogP contribution in [0.3, 0.4) is 0 Å². The number of hydrazine groups is 1. The van der Waals surface area contributed by atoms with E-state index < -0.39 is 0 Å². The van der Waals surface area contributed by atoms with Crippen molar-refractivity contribution in [3.8, 4) is 0 Å². The Morgan fingerprint density at radius 3 is 2.90 bits per heavy atom. The molecule has 3 aromatic rings. The lowest BCUT2D eigenvalue weighted by Crippen LogP contribution is -2.15. The Morgan fingerprint density at radius 1 is 1.30 bits per heavy atom. The minimum absolute atomic E-state index is 0.321. The summed E-state index contributed by atoms with van der Waals surface area (Å²) >= 11 is 1.00. The van der Waals surface area contributed by atoms with Gasteiger partial charge in [-0.3, -0.25) is 10.1 Å². The normalized spacial score (nSPS) is 10.4. The number of hydrogen-bond acceptors (Lipinski definition) is 8. The van der Waals surface area contributed by atoms with Crippen molar-refractivity contribution < 1.29 is 4.79 Å². The van der Waals surface area contributed by atoms with Gasteiger partial charge in [0.15, 0.2) is 0 Å². The summed E-state index contributed by atoms with van der Waals surface area (Å²) in [5.74, 6) is 5.46. The van der Waals surface area contributed by atoms with E-state index in [1.165, 1.54) is 0 Å². The van der Waals surface area contributed by atoms with E-state index in [2.05, 4.69) is 30.5 Å². The summed E-state index contributed by atoms with van der Waals surface area (Å²) in [7, 11) is 0. The van der Waals surface area contributed by atoms with Crippen LogP contribution in [0.1, 0.15) is 10.4 Å². The first kappa shape index (κ1) is 12.4. The lowest BCUT2D eigenvalue weighted by molar-refractivity contribution is 0.102. The number of nitrogens with two attached hydrogens (primary N) is 1. The van der Waals surface area contributed by atoms with E-state index in [0.717, 1.165) is 16.9 Å². The monoisotopic (exact) mass is 287 g/mol. The van der Waals surface area contributed by atoms with E-state index in [9.17, 15) is 4.79 Å². The molecular weight excluding hydrogens is 278 g/mol. The average Bonchev–Trinajstić information content (AvgIpc) is 2.98. The third kappa shape index (κ3) is 2.27. The van der Waals surface area contributed by atoms with Crippen molar-refractivity contribution >= 4 is 39.3 Å². The number of nitrogens with one attached hydrogen (secondary N) is 2. The lowest BCUT2D eigenvalue weighted by Gasteiger charge is -2.08. The van der Waals surface area contributed by atoms with Crippen molar-refractivity contribution in [1.29, 1.82) is 0 Å². The fraction of sp³-hybridized carbons (Fsp3) is 0. The number of carbonyl (C=O) groups is 1. The number of hydrogen-bond donors (Lipinski definition) is 3. The van der Waals surface area contributed by atoms with Gasteiger partial charge in [-0.15, -0.1) is 0 Å². The number of fused-ring (bicyclic) bond motifs is 1. The largest absolute Gasteiger partial charge is 0.308 e. The fourth-order valence-corrected chi connectivity index (χ4v) is 2.15. The fourth-order valence-electron chi connectivity index (χ4n) is 1.78. The number of benzene rings is 1. The van der Waals surface area contributed by atoms with Gasteiger partial charge in [0.2, 0.25) is 5.13 Å². The van der Waals surface area contributed by atoms with Crippen LogP contribution in [0.2, 0.25) is 0 Å². The van der Waals surface area contributed by atoms with Crippen LogP contribution < -0.4 is 16.6 Å². The Hall–Kier alpha value is -2.65. The minimum atomic E-state index is -0.321. The van der Waals surface area contributed by atoms with E-state index in [4.69, 9.17) is 5.84 Å². The maximum atomic E-state index is 12.3. The molecule has 1 aromatic carbocycles. The molecule has 4 N–H and O–H groups in total. The molecule has 8 nitrogen and oxygen atoms in total. The van der Waals surface area contributed by atoms with E-state index in [-0.39, 0.29) is 5.91 Å². The first-order valence-corrected chi connectivity index (χ1v) is 6.38. The van der Waals surface area contributed by atoms with Gasteiger partial charge in [0, 0.05) is 16.9 Å². The predicted molar refractivity (Wildman–Crippen MR) is 75.2 cm³/mol. The third-order valence-electron chi connectivity index (χ3n) is 2.63. The van der Waals surface area contributed by atoms with Gasteiger partial charge in [-0.1, -0.05) is 27.8 Å². The summed E-state index contributed by atoms with van der Waals surface area (Å²) < 4.78 is 3.59. The molecule has 9 heteroatoms. The number of rotatable bonds is 3. The summed E-state index contributed by atoms with van der Waals surface area (Å²) in [6.45, 7) is 0. The highest BCUT2D eigenvalue weighted by atomic mass is 32.1. The van der Waals surface area contributed by atoms with Crippen LogP contribution in [-0.2, 0) is 0 Å². The molecule has 2 heterocycles. The Morgan fingerprint density at radius 2 is 2.15 bits per heavy atom. The van der Waals surface area contributed by atoms with Gasteiger partial charge < -0.3 is 5.43 Å². The smallest absolute Gasteiger partial charge is 0.258 e. The van der Waals surface area contributed by atoms with Crippen molar-refractivity contribution in [3.63, 3.8) is 0 Å².